The zero-order valence-corrected chi connectivity index (χ0v) is 10.4. The topological polar surface area (TPSA) is 9.23 Å². The van der Waals surface area contributed by atoms with Gasteiger partial charge in [0.05, 0.1) is 7.11 Å². The molecule has 0 N–H and O–H groups in total. The van der Waals surface area contributed by atoms with Crippen LogP contribution < -0.4 is 4.74 Å². The summed E-state index contributed by atoms with van der Waals surface area (Å²) >= 11 is 1.71. The molecule has 14 heavy (non-hydrogen) atoms. The molecule has 0 bridgehead atoms. The van der Waals surface area contributed by atoms with Crippen LogP contribution in [0.1, 0.15) is 26.3 Å². The van der Waals surface area contributed by atoms with Crippen LogP contribution in [0, 0.1) is 0 Å². The molecule has 0 spiro atoms. The normalized spacial score (nSPS) is 11.5. The zero-order chi connectivity index (χ0) is 10.8. The Hall–Kier alpha value is -0.630. The van der Waals surface area contributed by atoms with Gasteiger partial charge in [0, 0.05) is 4.90 Å². The standard InChI is InChI=1S/C12H18OS/c1-12(2,3)9-6-7-11(14-5)10(8-9)13-4/h6-8H,1-5H3. The van der Waals surface area contributed by atoms with Crippen LogP contribution in [0.2, 0.25) is 0 Å². The number of hydrogen-bond donors (Lipinski definition) is 0. The van der Waals surface area contributed by atoms with Gasteiger partial charge in [0.2, 0.25) is 0 Å². The first-order valence-electron chi connectivity index (χ1n) is 4.71. The van der Waals surface area contributed by atoms with E-state index in [0.29, 0.717) is 0 Å². The van der Waals surface area contributed by atoms with Gasteiger partial charge in [0.15, 0.2) is 0 Å². The molecule has 1 nitrogen and oxygen atoms in total. The smallest absolute Gasteiger partial charge is 0.132 e. The summed E-state index contributed by atoms with van der Waals surface area (Å²) in [4.78, 5) is 1.19. The molecule has 0 fully saturated rings. The molecule has 0 saturated heterocycles. The fourth-order valence-corrected chi connectivity index (χ4v) is 1.85. The minimum Gasteiger partial charge on any atom is -0.496 e. The van der Waals surface area contributed by atoms with E-state index < -0.39 is 0 Å². The minimum atomic E-state index is 0.185. The average Bonchev–Trinajstić information content (AvgIpc) is 2.15. The summed E-state index contributed by atoms with van der Waals surface area (Å²) in [6.07, 6.45) is 2.06. The lowest BCUT2D eigenvalue weighted by Crippen LogP contribution is -2.11. The largest absolute Gasteiger partial charge is 0.496 e. The fraction of sp³-hybridized carbons (Fsp3) is 0.500. The van der Waals surface area contributed by atoms with Crippen molar-refractivity contribution in [1.29, 1.82) is 0 Å². The molecular weight excluding hydrogens is 192 g/mol. The van der Waals surface area contributed by atoms with Gasteiger partial charge in [0.25, 0.3) is 0 Å². The Morgan fingerprint density at radius 3 is 2.29 bits per heavy atom. The van der Waals surface area contributed by atoms with Crippen LogP contribution in [0.15, 0.2) is 23.1 Å². The van der Waals surface area contributed by atoms with Crippen molar-refractivity contribution < 1.29 is 4.74 Å². The molecular formula is C12H18OS. The molecule has 0 saturated carbocycles. The maximum absolute atomic E-state index is 5.35. The number of hydrogen-bond acceptors (Lipinski definition) is 2. The van der Waals surface area contributed by atoms with Crippen molar-refractivity contribution in [3.8, 4) is 5.75 Å². The predicted molar refractivity (Wildman–Crippen MR) is 63.5 cm³/mol. The molecule has 1 aromatic carbocycles. The maximum atomic E-state index is 5.35. The first-order chi connectivity index (χ1) is 6.49. The molecule has 1 aromatic rings. The highest BCUT2D eigenvalue weighted by Gasteiger charge is 2.15. The highest BCUT2D eigenvalue weighted by atomic mass is 32.2. The summed E-state index contributed by atoms with van der Waals surface area (Å²) < 4.78 is 5.35. The van der Waals surface area contributed by atoms with Crippen LogP contribution in [-0.4, -0.2) is 13.4 Å². The van der Waals surface area contributed by atoms with Gasteiger partial charge >= 0.3 is 0 Å². The molecule has 0 aliphatic rings. The van der Waals surface area contributed by atoms with Crippen LogP contribution in [0.4, 0.5) is 0 Å². The number of thioether (sulfide) groups is 1. The van der Waals surface area contributed by atoms with E-state index in [2.05, 4.69) is 45.2 Å². The van der Waals surface area contributed by atoms with Crippen molar-refractivity contribution in [1.82, 2.24) is 0 Å². The Morgan fingerprint density at radius 2 is 1.86 bits per heavy atom. The van der Waals surface area contributed by atoms with Crippen molar-refractivity contribution in [3.63, 3.8) is 0 Å². The van der Waals surface area contributed by atoms with Crippen LogP contribution in [0.5, 0.6) is 5.75 Å². The molecule has 0 atom stereocenters. The third-order valence-corrected chi connectivity index (χ3v) is 3.03. The second kappa shape index (κ2) is 4.26. The highest BCUT2D eigenvalue weighted by molar-refractivity contribution is 7.98. The van der Waals surface area contributed by atoms with E-state index >= 15 is 0 Å². The second-order valence-electron chi connectivity index (χ2n) is 4.32. The summed E-state index contributed by atoms with van der Waals surface area (Å²) in [5, 5.41) is 0. The van der Waals surface area contributed by atoms with Gasteiger partial charge in [-0.25, -0.2) is 0 Å². The summed E-state index contributed by atoms with van der Waals surface area (Å²) in [6.45, 7) is 6.63. The Balaban J connectivity index is 3.14. The molecule has 2 heteroatoms. The lowest BCUT2D eigenvalue weighted by atomic mass is 9.87. The van der Waals surface area contributed by atoms with Gasteiger partial charge in [-0.1, -0.05) is 26.8 Å². The van der Waals surface area contributed by atoms with Crippen molar-refractivity contribution >= 4 is 11.8 Å². The SMILES string of the molecule is COc1cc(C(C)(C)C)ccc1SC. The zero-order valence-electron chi connectivity index (χ0n) is 9.55. The van der Waals surface area contributed by atoms with E-state index in [1.54, 1.807) is 18.9 Å². The van der Waals surface area contributed by atoms with Gasteiger partial charge in [0.1, 0.15) is 5.75 Å². The molecule has 0 unspecified atom stereocenters. The molecule has 0 amide bonds. The number of benzene rings is 1. The molecule has 0 aliphatic carbocycles. The number of methoxy groups -OCH3 is 1. The van der Waals surface area contributed by atoms with E-state index in [0.717, 1.165) is 5.75 Å². The quantitative estimate of drug-likeness (QED) is 0.688. The predicted octanol–water partition coefficient (Wildman–Crippen LogP) is 3.71. The van der Waals surface area contributed by atoms with Crippen LogP contribution in [0.3, 0.4) is 0 Å². The molecule has 0 radical (unpaired) electrons. The lowest BCUT2D eigenvalue weighted by molar-refractivity contribution is 0.402. The van der Waals surface area contributed by atoms with Gasteiger partial charge in [-0.3, -0.25) is 0 Å². The number of rotatable bonds is 2. The second-order valence-corrected chi connectivity index (χ2v) is 5.17. The van der Waals surface area contributed by atoms with Crippen LogP contribution in [0.25, 0.3) is 0 Å². The van der Waals surface area contributed by atoms with Crippen LogP contribution in [-0.2, 0) is 5.41 Å². The van der Waals surface area contributed by atoms with E-state index in [1.807, 2.05) is 0 Å². The molecule has 0 aromatic heterocycles. The first-order valence-corrected chi connectivity index (χ1v) is 5.94. The van der Waals surface area contributed by atoms with Crippen molar-refractivity contribution in [3.05, 3.63) is 23.8 Å². The third-order valence-electron chi connectivity index (χ3n) is 2.25. The van der Waals surface area contributed by atoms with E-state index in [4.69, 9.17) is 4.74 Å². The molecule has 0 heterocycles. The Labute approximate surface area is 90.9 Å². The monoisotopic (exact) mass is 210 g/mol. The molecule has 0 aliphatic heterocycles. The maximum Gasteiger partial charge on any atom is 0.132 e. The van der Waals surface area contributed by atoms with Gasteiger partial charge < -0.3 is 4.74 Å². The van der Waals surface area contributed by atoms with Crippen LogP contribution >= 0.6 is 11.8 Å². The minimum absolute atomic E-state index is 0.185. The molecule has 1 rings (SSSR count). The Bertz CT molecular complexity index is 313. The van der Waals surface area contributed by atoms with E-state index in [1.165, 1.54) is 10.5 Å². The van der Waals surface area contributed by atoms with Gasteiger partial charge in [-0.05, 0) is 29.4 Å². The fourth-order valence-electron chi connectivity index (χ4n) is 1.30. The average molecular weight is 210 g/mol. The van der Waals surface area contributed by atoms with Crippen molar-refractivity contribution in [2.75, 3.05) is 13.4 Å². The van der Waals surface area contributed by atoms with E-state index in [9.17, 15) is 0 Å². The number of ether oxygens (including phenoxy) is 1. The van der Waals surface area contributed by atoms with Gasteiger partial charge in [-0.2, -0.15) is 0 Å². The Kier molecular flexibility index (Phi) is 3.48. The van der Waals surface area contributed by atoms with Crippen molar-refractivity contribution in [2.45, 2.75) is 31.1 Å². The van der Waals surface area contributed by atoms with Crippen molar-refractivity contribution in [2.24, 2.45) is 0 Å². The van der Waals surface area contributed by atoms with E-state index in [-0.39, 0.29) is 5.41 Å². The lowest BCUT2D eigenvalue weighted by Gasteiger charge is -2.20. The molecule has 78 valence electrons. The third kappa shape index (κ3) is 2.44. The van der Waals surface area contributed by atoms with Gasteiger partial charge in [-0.15, -0.1) is 11.8 Å². The summed E-state index contributed by atoms with van der Waals surface area (Å²) in [5.74, 6) is 0.977. The summed E-state index contributed by atoms with van der Waals surface area (Å²) in [7, 11) is 1.72. The summed E-state index contributed by atoms with van der Waals surface area (Å²) in [6, 6.07) is 6.43. The summed E-state index contributed by atoms with van der Waals surface area (Å²) in [5.41, 5.74) is 1.50. The Morgan fingerprint density at radius 1 is 1.21 bits per heavy atom. The highest BCUT2D eigenvalue weighted by Crippen LogP contribution is 2.32. The first kappa shape index (κ1) is 11.4.